The van der Waals surface area contributed by atoms with Crippen molar-refractivity contribution in [1.82, 2.24) is 0 Å². The second-order valence-corrected chi connectivity index (χ2v) is 3.59. The fourth-order valence-electron chi connectivity index (χ4n) is 1.42. The molecule has 1 heterocycles. The zero-order valence-electron chi connectivity index (χ0n) is 7.34. The van der Waals surface area contributed by atoms with E-state index in [0.717, 1.165) is 0 Å². The van der Waals surface area contributed by atoms with Crippen molar-refractivity contribution in [2.24, 2.45) is 5.92 Å². The highest BCUT2D eigenvalue weighted by Crippen LogP contribution is 2.20. The van der Waals surface area contributed by atoms with Crippen molar-refractivity contribution in [3.8, 4) is 0 Å². The summed E-state index contributed by atoms with van der Waals surface area (Å²) in [6.07, 6.45) is -3.39. The SMILES string of the molecule is CC(C)[C@@H]1OC[C@@H](O)[C@H](O)C1O. The normalized spacial score (nSPS) is 43.5. The lowest BCUT2D eigenvalue weighted by atomic mass is 9.93. The molecule has 0 amide bonds. The summed E-state index contributed by atoms with van der Waals surface area (Å²) in [6, 6.07) is 0. The molecule has 0 aliphatic carbocycles. The van der Waals surface area contributed by atoms with Gasteiger partial charge in [-0.2, -0.15) is 0 Å². The minimum absolute atomic E-state index is 0.0983. The van der Waals surface area contributed by atoms with Crippen LogP contribution in [0, 0.1) is 5.92 Å². The van der Waals surface area contributed by atoms with Crippen LogP contribution >= 0.6 is 0 Å². The third-order valence-electron chi connectivity index (χ3n) is 2.20. The van der Waals surface area contributed by atoms with Gasteiger partial charge in [0, 0.05) is 0 Å². The first kappa shape index (κ1) is 9.92. The zero-order valence-corrected chi connectivity index (χ0v) is 7.34. The van der Waals surface area contributed by atoms with Gasteiger partial charge < -0.3 is 20.1 Å². The molecule has 0 saturated carbocycles. The average molecular weight is 176 g/mol. The molecule has 1 unspecified atom stereocenters. The molecule has 1 aliphatic rings. The van der Waals surface area contributed by atoms with Crippen LogP contribution in [0.5, 0.6) is 0 Å². The largest absolute Gasteiger partial charge is 0.388 e. The Labute approximate surface area is 71.8 Å². The molecule has 4 heteroatoms. The molecule has 0 bridgehead atoms. The Morgan fingerprint density at radius 2 is 1.75 bits per heavy atom. The number of aliphatic hydroxyl groups excluding tert-OH is 3. The summed E-state index contributed by atoms with van der Waals surface area (Å²) >= 11 is 0. The van der Waals surface area contributed by atoms with Crippen molar-refractivity contribution >= 4 is 0 Å². The Kier molecular flexibility index (Phi) is 3.06. The molecule has 72 valence electrons. The molecule has 0 spiro atoms. The Hall–Kier alpha value is -0.160. The zero-order chi connectivity index (χ0) is 9.30. The van der Waals surface area contributed by atoms with Crippen molar-refractivity contribution < 1.29 is 20.1 Å². The van der Waals surface area contributed by atoms with E-state index in [1.54, 1.807) is 0 Å². The van der Waals surface area contributed by atoms with Gasteiger partial charge >= 0.3 is 0 Å². The van der Waals surface area contributed by atoms with Crippen molar-refractivity contribution in [2.45, 2.75) is 38.3 Å². The van der Waals surface area contributed by atoms with Crippen LogP contribution in [0.25, 0.3) is 0 Å². The van der Waals surface area contributed by atoms with Gasteiger partial charge in [0.05, 0.1) is 12.7 Å². The fraction of sp³-hybridized carbons (Fsp3) is 1.00. The van der Waals surface area contributed by atoms with Gasteiger partial charge in [-0.05, 0) is 5.92 Å². The molecule has 1 rings (SSSR count). The van der Waals surface area contributed by atoms with Crippen LogP contribution in [-0.4, -0.2) is 46.3 Å². The maximum absolute atomic E-state index is 9.44. The van der Waals surface area contributed by atoms with Crippen LogP contribution in [0.15, 0.2) is 0 Å². The molecule has 12 heavy (non-hydrogen) atoms. The number of aliphatic hydroxyl groups is 3. The van der Waals surface area contributed by atoms with Crippen LogP contribution in [0.4, 0.5) is 0 Å². The highest BCUT2D eigenvalue weighted by atomic mass is 16.5. The van der Waals surface area contributed by atoms with Gasteiger partial charge in [-0.25, -0.2) is 0 Å². The summed E-state index contributed by atoms with van der Waals surface area (Å²) in [5.74, 6) is 0.141. The molecule has 1 fully saturated rings. The predicted molar refractivity (Wildman–Crippen MR) is 42.6 cm³/mol. The summed E-state index contributed by atoms with van der Waals surface area (Å²) in [6.45, 7) is 3.90. The monoisotopic (exact) mass is 176 g/mol. The van der Waals surface area contributed by atoms with E-state index >= 15 is 0 Å². The number of rotatable bonds is 1. The van der Waals surface area contributed by atoms with Crippen LogP contribution in [0.1, 0.15) is 13.8 Å². The molecule has 1 saturated heterocycles. The molecule has 0 radical (unpaired) electrons. The van der Waals surface area contributed by atoms with Gasteiger partial charge in [-0.1, -0.05) is 13.8 Å². The maximum atomic E-state index is 9.44. The summed E-state index contributed by atoms with van der Waals surface area (Å²) < 4.78 is 5.17. The lowest BCUT2D eigenvalue weighted by Crippen LogP contribution is -2.54. The van der Waals surface area contributed by atoms with Gasteiger partial charge in [0.2, 0.25) is 0 Å². The average Bonchev–Trinajstić information content (AvgIpc) is 2.00. The molecule has 0 aromatic heterocycles. The maximum Gasteiger partial charge on any atom is 0.111 e. The van der Waals surface area contributed by atoms with E-state index in [4.69, 9.17) is 9.84 Å². The van der Waals surface area contributed by atoms with Crippen molar-refractivity contribution in [1.29, 1.82) is 0 Å². The minimum Gasteiger partial charge on any atom is -0.388 e. The fourth-order valence-corrected chi connectivity index (χ4v) is 1.42. The van der Waals surface area contributed by atoms with E-state index in [1.165, 1.54) is 0 Å². The topological polar surface area (TPSA) is 69.9 Å². The predicted octanol–water partition coefficient (Wildman–Crippen LogP) is -0.876. The Morgan fingerprint density at radius 1 is 1.17 bits per heavy atom. The van der Waals surface area contributed by atoms with E-state index in [9.17, 15) is 10.2 Å². The van der Waals surface area contributed by atoms with E-state index in [-0.39, 0.29) is 18.6 Å². The molecule has 1 aliphatic heterocycles. The van der Waals surface area contributed by atoms with Gasteiger partial charge in [-0.15, -0.1) is 0 Å². The standard InChI is InChI=1S/C8H16O4/c1-4(2)8-7(11)6(10)5(9)3-12-8/h4-11H,3H2,1-2H3/t5-,6+,7?,8+/m1/s1. The van der Waals surface area contributed by atoms with E-state index in [2.05, 4.69) is 0 Å². The third-order valence-corrected chi connectivity index (χ3v) is 2.20. The second-order valence-electron chi connectivity index (χ2n) is 3.59. The quantitative estimate of drug-likeness (QED) is 0.485. The van der Waals surface area contributed by atoms with Crippen LogP contribution in [-0.2, 0) is 4.74 Å². The molecular formula is C8H16O4. The van der Waals surface area contributed by atoms with Gasteiger partial charge in [0.1, 0.15) is 18.3 Å². The molecule has 0 aromatic carbocycles. The molecule has 3 N–H and O–H groups in total. The first-order chi connectivity index (χ1) is 5.54. The van der Waals surface area contributed by atoms with E-state index in [0.29, 0.717) is 0 Å². The molecule has 4 atom stereocenters. The number of ether oxygens (including phenoxy) is 1. The van der Waals surface area contributed by atoms with Crippen molar-refractivity contribution in [3.05, 3.63) is 0 Å². The second kappa shape index (κ2) is 3.70. The number of hydrogen-bond acceptors (Lipinski definition) is 4. The van der Waals surface area contributed by atoms with Gasteiger partial charge in [-0.3, -0.25) is 0 Å². The summed E-state index contributed by atoms with van der Waals surface area (Å²) in [4.78, 5) is 0. The summed E-state index contributed by atoms with van der Waals surface area (Å²) in [7, 11) is 0. The molecular weight excluding hydrogens is 160 g/mol. The smallest absolute Gasteiger partial charge is 0.111 e. The van der Waals surface area contributed by atoms with Gasteiger partial charge in [0.25, 0.3) is 0 Å². The summed E-state index contributed by atoms with van der Waals surface area (Å²) in [5.41, 5.74) is 0. The Morgan fingerprint density at radius 3 is 2.25 bits per heavy atom. The first-order valence-electron chi connectivity index (χ1n) is 4.20. The lowest BCUT2D eigenvalue weighted by molar-refractivity contribution is -0.197. The minimum atomic E-state index is -1.08. The number of hydrogen-bond donors (Lipinski definition) is 3. The Balaban J connectivity index is 2.58. The molecule has 0 aromatic rings. The highest BCUT2D eigenvalue weighted by molar-refractivity contribution is 4.87. The molecule has 4 nitrogen and oxygen atoms in total. The summed E-state index contributed by atoms with van der Waals surface area (Å²) in [5, 5.41) is 27.8. The van der Waals surface area contributed by atoms with Crippen molar-refractivity contribution in [2.75, 3.05) is 6.61 Å². The van der Waals surface area contributed by atoms with Crippen LogP contribution in [0.2, 0.25) is 0 Å². The highest BCUT2D eigenvalue weighted by Gasteiger charge is 2.38. The van der Waals surface area contributed by atoms with Crippen LogP contribution < -0.4 is 0 Å². The van der Waals surface area contributed by atoms with Gasteiger partial charge in [0.15, 0.2) is 0 Å². The van der Waals surface area contributed by atoms with E-state index in [1.807, 2.05) is 13.8 Å². The van der Waals surface area contributed by atoms with E-state index < -0.39 is 18.3 Å². The Bertz CT molecular complexity index is 148. The van der Waals surface area contributed by atoms with Crippen LogP contribution in [0.3, 0.4) is 0 Å². The lowest BCUT2D eigenvalue weighted by Gasteiger charge is -2.37. The first-order valence-corrected chi connectivity index (χ1v) is 4.20. The third kappa shape index (κ3) is 1.77. The van der Waals surface area contributed by atoms with Crippen molar-refractivity contribution in [3.63, 3.8) is 0 Å².